The smallest absolute Gasteiger partial charge is 0.365 e. The van der Waals surface area contributed by atoms with E-state index in [0.29, 0.717) is 0 Å². The number of alkyl halides is 3. The zero-order chi connectivity index (χ0) is 21.7. The van der Waals surface area contributed by atoms with Gasteiger partial charge in [-0.2, -0.15) is 13.2 Å². The molecule has 0 saturated carbocycles. The lowest BCUT2D eigenvalue weighted by Gasteiger charge is -2.16. The van der Waals surface area contributed by atoms with Crippen molar-refractivity contribution in [1.29, 1.82) is 0 Å². The second-order valence-electron chi connectivity index (χ2n) is 6.35. The molecule has 0 spiro atoms. The Kier molecular flexibility index (Phi) is 7.02. The van der Waals surface area contributed by atoms with Crippen LogP contribution < -0.4 is 10.6 Å². The van der Waals surface area contributed by atoms with E-state index in [1.165, 1.54) is 13.0 Å². The first kappa shape index (κ1) is 22.4. The van der Waals surface area contributed by atoms with Gasteiger partial charge in [0.15, 0.2) is 9.84 Å². The Morgan fingerprint density at radius 2 is 1.83 bits per heavy atom. The summed E-state index contributed by atoms with van der Waals surface area (Å²) in [5.41, 5.74) is -0.425. The summed E-state index contributed by atoms with van der Waals surface area (Å²) in [6.45, 7) is 1.70. The van der Waals surface area contributed by atoms with Crippen LogP contribution in [0.15, 0.2) is 53.9 Å². The molecule has 1 aromatic heterocycles. The molecule has 0 saturated heterocycles. The topological polar surface area (TPSA) is 88.2 Å². The van der Waals surface area contributed by atoms with Crippen molar-refractivity contribution < 1.29 is 26.4 Å². The lowest BCUT2D eigenvalue weighted by atomic mass is 10.1. The van der Waals surface area contributed by atoms with E-state index in [0.717, 1.165) is 29.4 Å². The highest BCUT2D eigenvalue weighted by molar-refractivity contribution is 7.93. The van der Waals surface area contributed by atoms with Gasteiger partial charge in [0.25, 0.3) is 5.91 Å². The van der Waals surface area contributed by atoms with E-state index in [1.54, 1.807) is 30.3 Å². The van der Waals surface area contributed by atoms with E-state index in [1.807, 2.05) is 0 Å². The molecular formula is C19H20F3N3O3S. The summed E-state index contributed by atoms with van der Waals surface area (Å²) in [5, 5.41) is 6.22. The number of nitrogens with zero attached hydrogens (tertiary/aromatic N) is 1. The van der Waals surface area contributed by atoms with Gasteiger partial charge in [-0.1, -0.05) is 36.4 Å². The Labute approximate surface area is 166 Å². The third kappa shape index (κ3) is 7.22. The van der Waals surface area contributed by atoms with Crippen molar-refractivity contribution >= 4 is 21.6 Å². The Morgan fingerprint density at radius 1 is 1.17 bits per heavy atom. The Balaban J connectivity index is 2.26. The number of aromatic nitrogens is 1. The predicted octanol–water partition coefficient (Wildman–Crippen LogP) is 3.39. The van der Waals surface area contributed by atoms with Crippen molar-refractivity contribution in [3.8, 4) is 0 Å². The fraction of sp³-hybridized carbons (Fsp3) is 0.263. The molecule has 2 rings (SSSR count). The molecule has 0 aliphatic carbocycles. The maximum absolute atomic E-state index is 13.0. The lowest BCUT2D eigenvalue weighted by Crippen LogP contribution is -2.32. The van der Waals surface area contributed by atoms with Gasteiger partial charge in [-0.05, 0) is 24.6 Å². The summed E-state index contributed by atoms with van der Waals surface area (Å²) in [6, 6.07) is 10.00. The number of rotatable bonds is 7. The Morgan fingerprint density at radius 3 is 2.41 bits per heavy atom. The van der Waals surface area contributed by atoms with Gasteiger partial charge >= 0.3 is 6.18 Å². The van der Waals surface area contributed by atoms with Crippen LogP contribution in [0.25, 0.3) is 0 Å². The SMILES string of the molecule is C[C@@H](/C=C/S(C)(=O)=O)NC(=O)c1ccc(C(F)(F)F)nc1NCc1ccccc1. The minimum atomic E-state index is -4.66. The third-order valence-electron chi connectivity index (χ3n) is 3.71. The molecule has 1 atom stereocenters. The number of amides is 1. The Hall–Kier alpha value is -2.88. The van der Waals surface area contributed by atoms with Crippen molar-refractivity contribution in [2.75, 3.05) is 11.6 Å². The minimum Gasteiger partial charge on any atom is -0.365 e. The van der Waals surface area contributed by atoms with Crippen LogP contribution >= 0.6 is 0 Å². The molecule has 2 aromatic rings. The van der Waals surface area contributed by atoms with E-state index in [-0.39, 0.29) is 17.9 Å². The van der Waals surface area contributed by atoms with Crippen LogP contribution in [0.2, 0.25) is 0 Å². The van der Waals surface area contributed by atoms with Crippen molar-refractivity contribution in [3.05, 3.63) is 70.8 Å². The number of benzene rings is 1. The maximum Gasteiger partial charge on any atom is 0.433 e. The summed E-state index contributed by atoms with van der Waals surface area (Å²) in [4.78, 5) is 16.1. The van der Waals surface area contributed by atoms with E-state index in [4.69, 9.17) is 0 Å². The number of nitrogens with one attached hydrogen (secondary N) is 2. The molecule has 0 unspecified atom stereocenters. The average molecular weight is 427 g/mol. The molecule has 1 amide bonds. The zero-order valence-corrected chi connectivity index (χ0v) is 16.5. The largest absolute Gasteiger partial charge is 0.433 e. The summed E-state index contributed by atoms with van der Waals surface area (Å²) < 4.78 is 61.4. The van der Waals surface area contributed by atoms with Gasteiger partial charge in [0.2, 0.25) is 0 Å². The number of carbonyl (C=O) groups excluding carboxylic acids is 1. The molecule has 2 N–H and O–H groups in total. The highest BCUT2D eigenvalue weighted by atomic mass is 32.2. The molecule has 1 aromatic carbocycles. The van der Waals surface area contributed by atoms with Crippen LogP contribution in [0.3, 0.4) is 0 Å². The second kappa shape index (κ2) is 9.08. The van der Waals surface area contributed by atoms with Crippen LogP contribution in [0.1, 0.15) is 28.5 Å². The van der Waals surface area contributed by atoms with Crippen molar-refractivity contribution in [2.45, 2.75) is 25.7 Å². The van der Waals surface area contributed by atoms with Crippen molar-refractivity contribution in [2.24, 2.45) is 0 Å². The van der Waals surface area contributed by atoms with E-state index >= 15 is 0 Å². The third-order valence-corrected chi connectivity index (χ3v) is 4.36. The van der Waals surface area contributed by atoms with Crippen LogP contribution in [-0.2, 0) is 22.6 Å². The van der Waals surface area contributed by atoms with E-state index in [2.05, 4.69) is 15.6 Å². The van der Waals surface area contributed by atoms with Gasteiger partial charge in [0, 0.05) is 24.3 Å². The quantitative estimate of drug-likeness (QED) is 0.707. The number of halogens is 3. The zero-order valence-electron chi connectivity index (χ0n) is 15.7. The maximum atomic E-state index is 13.0. The first-order chi connectivity index (χ1) is 13.5. The van der Waals surface area contributed by atoms with Crippen LogP contribution in [0.5, 0.6) is 0 Å². The molecular weight excluding hydrogens is 407 g/mol. The molecule has 6 nitrogen and oxygen atoms in total. The number of hydrogen-bond donors (Lipinski definition) is 2. The van der Waals surface area contributed by atoms with Crippen LogP contribution in [0.4, 0.5) is 19.0 Å². The fourth-order valence-corrected chi connectivity index (χ4v) is 2.83. The minimum absolute atomic E-state index is 0.0893. The van der Waals surface area contributed by atoms with Crippen LogP contribution in [-0.4, -0.2) is 31.6 Å². The summed E-state index contributed by atoms with van der Waals surface area (Å²) >= 11 is 0. The second-order valence-corrected chi connectivity index (χ2v) is 8.28. The first-order valence-corrected chi connectivity index (χ1v) is 10.5. The van der Waals surface area contributed by atoms with Crippen molar-refractivity contribution in [3.63, 3.8) is 0 Å². The molecule has 0 bridgehead atoms. The molecule has 29 heavy (non-hydrogen) atoms. The molecule has 0 radical (unpaired) electrons. The molecule has 1 heterocycles. The number of carbonyl (C=O) groups is 1. The Bertz CT molecular complexity index is 991. The number of hydrogen-bond acceptors (Lipinski definition) is 5. The molecule has 0 aliphatic heterocycles. The van der Waals surface area contributed by atoms with Gasteiger partial charge < -0.3 is 10.6 Å². The number of pyridine rings is 1. The molecule has 10 heteroatoms. The number of sulfone groups is 1. The van der Waals surface area contributed by atoms with Gasteiger partial charge in [0.1, 0.15) is 11.5 Å². The van der Waals surface area contributed by atoms with Gasteiger partial charge in [-0.15, -0.1) is 0 Å². The lowest BCUT2D eigenvalue weighted by molar-refractivity contribution is -0.141. The predicted molar refractivity (Wildman–Crippen MR) is 104 cm³/mol. The average Bonchev–Trinajstić information content (AvgIpc) is 2.64. The number of anilines is 1. The van der Waals surface area contributed by atoms with E-state index in [9.17, 15) is 26.4 Å². The highest BCUT2D eigenvalue weighted by Gasteiger charge is 2.33. The normalized spacial score (nSPS) is 13.3. The molecule has 0 fully saturated rings. The summed E-state index contributed by atoms with van der Waals surface area (Å²) in [5.74, 6) is -0.909. The summed E-state index contributed by atoms with van der Waals surface area (Å²) in [7, 11) is -3.37. The van der Waals surface area contributed by atoms with Gasteiger partial charge in [-0.3, -0.25) is 4.79 Å². The van der Waals surface area contributed by atoms with Gasteiger partial charge in [0.05, 0.1) is 5.56 Å². The standard InChI is InChI=1S/C19H20F3N3O3S/c1-13(10-11-29(2,27)28)24-18(26)15-8-9-16(19(20,21)22)25-17(15)23-12-14-6-4-3-5-7-14/h3-11,13H,12H2,1-2H3,(H,23,25)(H,24,26)/b11-10+/t13-/m0/s1. The van der Waals surface area contributed by atoms with Crippen molar-refractivity contribution in [1.82, 2.24) is 10.3 Å². The monoisotopic (exact) mass is 427 g/mol. The summed E-state index contributed by atoms with van der Waals surface area (Å²) in [6.07, 6.45) is -2.39. The molecule has 0 aliphatic rings. The fourth-order valence-electron chi connectivity index (χ4n) is 2.31. The highest BCUT2D eigenvalue weighted by Crippen LogP contribution is 2.29. The van der Waals surface area contributed by atoms with E-state index < -0.39 is 33.7 Å². The molecule has 156 valence electrons. The first-order valence-electron chi connectivity index (χ1n) is 8.51. The van der Waals surface area contributed by atoms with Gasteiger partial charge in [-0.25, -0.2) is 13.4 Å². The van der Waals surface area contributed by atoms with Crippen LogP contribution in [0, 0.1) is 0 Å².